The first-order valence-corrected chi connectivity index (χ1v) is 5.17. The second-order valence-electron chi connectivity index (χ2n) is 4.73. The van der Waals surface area contributed by atoms with Gasteiger partial charge >= 0.3 is 6.18 Å². The van der Waals surface area contributed by atoms with Gasteiger partial charge < -0.3 is 0 Å². The number of hydrogen-bond donors (Lipinski definition) is 0. The lowest BCUT2D eigenvalue weighted by Gasteiger charge is -2.38. The maximum atomic E-state index is 13.0. The minimum atomic E-state index is -4.04. The zero-order valence-electron chi connectivity index (χ0n) is 8.11. The van der Waals surface area contributed by atoms with Crippen LogP contribution in [0.25, 0.3) is 0 Å². The Balaban J connectivity index is 2.28. The van der Waals surface area contributed by atoms with Crippen molar-refractivity contribution in [1.82, 2.24) is 0 Å². The molecule has 0 spiro atoms. The molecule has 0 aromatic carbocycles. The van der Waals surface area contributed by atoms with E-state index < -0.39 is 11.6 Å². The van der Waals surface area contributed by atoms with Gasteiger partial charge in [-0.15, -0.1) is 6.58 Å². The predicted octanol–water partition coefficient (Wildman–Crippen LogP) is 3.93. The molecule has 2 saturated carbocycles. The quantitative estimate of drug-likeness (QED) is 0.598. The van der Waals surface area contributed by atoms with Gasteiger partial charge in [-0.3, -0.25) is 0 Å². The topological polar surface area (TPSA) is 0 Å². The standard InChI is InChI=1S/C11H15F3/c1-2-5-10(11(12,13)14)7-8-3-4-9(10)6-8/h2,8-9H,1,3-7H2/t8-,9+,10-/m1/s1. The first-order valence-electron chi connectivity index (χ1n) is 5.17. The van der Waals surface area contributed by atoms with E-state index in [9.17, 15) is 13.2 Å². The van der Waals surface area contributed by atoms with Crippen molar-refractivity contribution in [2.24, 2.45) is 17.3 Å². The van der Waals surface area contributed by atoms with Crippen LogP contribution in [0.5, 0.6) is 0 Å². The molecular weight excluding hydrogens is 189 g/mol. The van der Waals surface area contributed by atoms with Crippen LogP contribution in [-0.2, 0) is 0 Å². The summed E-state index contributed by atoms with van der Waals surface area (Å²) in [5.74, 6) is 0.187. The largest absolute Gasteiger partial charge is 0.395 e. The molecule has 0 nitrogen and oxygen atoms in total. The number of fused-ring (bicyclic) bond motifs is 2. The highest BCUT2D eigenvalue weighted by molar-refractivity contribution is 5.06. The average Bonchev–Trinajstić information content (AvgIpc) is 2.62. The van der Waals surface area contributed by atoms with E-state index in [1.165, 1.54) is 6.08 Å². The summed E-state index contributed by atoms with van der Waals surface area (Å²) in [6, 6.07) is 0. The molecule has 0 aliphatic heterocycles. The normalized spacial score (nSPS) is 41.6. The second kappa shape index (κ2) is 3.01. The number of halogens is 3. The molecule has 2 fully saturated rings. The van der Waals surface area contributed by atoms with Gasteiger partial charge in [-0.1, -0.05) is 12.5 Å². The maximum Gasteiger partial charge on any atom is 0.395 e. The molecule has 2 bridgehead atoms. The van der Waals surface area contributed by atoms with Crippen LogP contribution in [0.2, 0.25) is 0 Å². The summed E-state index contributed by atoms with van der Waals surface area (Å²) in [5, 5.41) is 0. The molecule has 0 heterocycles. The molecule has 0 aromatic heterocycles. The lowest BCUT2D eigenvalue weighted by molar-refractivity contribution is -0.240. The van der Waals surface area contributed by atoms with Gasteiger partial charge in [0.1, 0.15) is 0 Å². The number of hydrogen-bond acceptors (Lipinski definition) is 0. The van der Waals surface area contributed by atoms with Gasteiger partial charge in [0.05, 0.1) is 5.41 Å². The van der Waals surface area contributed by atoms with Crippen molar-refractivity contribution in [1.29, 1.82) is 0 Å². The van der Waals surface area contributed by atoms with Crippen LogP contribution in [0, 0.1) is 17.3 Å². The van der Waals surface area contributed by atoms with Gasteiger partial charge in [0.15, 0.2) is 0 Å². The van der Waals surface area contributed by atoms with Crippen molar-refractivity contribution in [3.8, 4) is 0 Å². The Morgan fingerprint density at radius 3 is 2.43 bits per heavy atom. The third kappa shape index (κ3) is 1.21. The molecule has 0 amide bonds. The summed E-state index contributed by atoms with van der Waals surface area (Å²) in [4.78, 5) is 0. The number of allylic oxidation sites excluding steroid dienone is 1. The Morgan fingerprint density at radius 1 is 1.36 bits per heavy atom. The van der Waals surface area contributed by atoms with Gasteiger partial charge in [-0.25, -0.2) is 0 Å². The van der Waals surface area contributed by atoms with E-state index >= 15 is 0 Å². The maximum absolute atomic E-state index is 13.0. The molecule has 0 N–H and O–H groups in total. The average molecular weight is 204 g/mol. The molecular formula is C11H15F3. The third-order valence-corrected chi connectivity index (χ3v) is 4.05. The fourth-order valence-electron chi connectivity index (χ4n) is 3.41. The van der Waals surface area contributed by atoms with Crippen LogP contribution >= 0.6 is 0 Å². The first-order chi connectivity index (χ1) is 6.49. The van der Waals surface area contributed by atoms with Gasteiger partial charge in [0, 0.05) is 0 Å². The molecule has 0 unspecified atom stereocenters. The minimum Gasteiger partial charge on any atom is -0.170 e. The minimum absolute atomic E-state index is 0.109. The smallest absolute Gasteiger partial charge is 0.170 e. The van der Waals surface area contributed by atoms with Gasteiger partial charge in [0.2, 0.25) is 0 Å². The van der Waals surface area contributed by atoms with E-state index in [0.29, 0.717) is 12.3 Å². The molecule has 2 aliphatic carbocycles. The number of alkyl halides is 3. The Hall–Kier alpha value is -0.470. The Labute approximate surface area is 82.2 Å². The van der Waals surface area contributed by atoms with Crippen LogP contribution < -0.4 is 0 Å². The van der Waals surface area contributed by atoms with E-state index in [1.54, 1.807) is 0 Å². The van der Waals surface area contributed by atoms with Gasteiger partial charge in [-0.2, -0.15) is 13.2 Å². The second-order valence-corrected chi connectivity index (χ2v) is 4.73. The summed E-state index contributed by atoms with van der Waals surface area (Å²) in [7, 11) is 0. The first kappa shape index (κ1) is 10.1. The van der Waals surface area contributed by atoms with Crippen LogP contribution in [0.15, 0.2) is 12.7 Å². The Bertz CT molecular complexity index is 243. The monoisotopic (exact) mass is 204 g/mol. The highest BCUT2D eigenvalue weighted by atomic mass is 19.4. The van der Waals surface area contributed by atoms with Crippen molar-refractivity contribution < 1.29 is 13.2 Å². The highest BCUT2D eigenvalue weighted by Crippen LogP contribution is 2.64. The van der Waals surface area contributed by atoms with Crippen LogP contribution in [0.1, 0.15) is 32.1 Å². The lowest BCUT2D eigenvalue weighted by Crippen LogP contribution is -2.42. The Morgan fingerprint density at radius 2 is 2.07 bits per heavy atom. The molecule has 3 atom stereocenters. The zero-order valence-corrected chi connectivity index (χ0v) is 8.11. The molecule has 3 heteroatoms. The summed E-state index contributed by atoms with van der Waals surface area (Å²) < 4.78 is 39.0. The molecule has 2 rings (SSSR count). The molecule has 0 aromatic rings. The van der Waals surface area contributed by atoms with Gasteiger partial charge in [0.25, 0.3) is 0 Å². The van der Waals surface area contributed by atoms with E-state index in [0.717, 1.165) is 19.3 Å². The fourth-order valence-corrected chi connectivity index (χ4v) is 3.41. The molecule has 14 heavy (non-hydrogen) atoms. The van der Waals surface area contributed by atoms with Crippen LogP contribution in [0.4, 0.5) is 13.2 Å². The van der Waals surface area contributed by atoms with Crippen molar-refractivity contribution >= 4 is 0 Å². The Kier molecular flexibility index (Phi) is 2.16. The molecule has 80 valence electrons. The van der Waals surface area contributed by atoms with Crippen molar-refractivity contribution in [2.45, 2.75) is 38.3 Å². The molecule has 0 saturated heterocycles. The van der Waals surface area contributed by atoms with Gasteiger partial charge in [-0.05, 0) is 37.5 Å². The fraction of sp³-hybridized carbons (Fsp3) is 0.818. The van der Waals surface area contributed by atoms with Crippen LogP contribution in [0.3, 0.4) is 0 Å². The van der Waals surface area contributed by atoms with Crippen molar-refractivity contribution in [3.05, 3.63) is 12.7 Å². The zero-order chi connectivity index (χ0) is 10.4. The number of rotatable bonds is 2. The summed E-state index contributed by atoms with van der Waals surface area (Å²) in [6.07, 6.45) is 0.394. The van der Waals surface area contributed by atoms with Crippen LogP contribution in [-0.4, -0.2) is 6.18 Å². The van der Waals surface area contributed by atoms with Crippen molar-refractivity contribution in [3.63, 3.8) is 0 Å². The third-order valence-electron chi connectivity index (χ3n) is 4.05. The predicted molar refractivity (Wildman–Crippen MR) is 48.8 cm³/mol. The molecule has 2 aliphatic rings. The van der Waals surface area contributed by atoms with E-state index in [1.807, 2.05) is 0 Å². The highest BCUT2D eigenvalue weighted by Gasteiger charge is 2.64. The van der Waals surface area contributed by atoms with Crippen molar-refractivity contribution in [2.75, 3.05) is 0 Å². The van der Waals surface area contributed by atoms with E-state index in [4.69, 9.17) is 0 Å². The summed E-state index contributed by atoms with van der Waals surface area (Å²) >= 11 is 0. The molecule has 0 radical (unpaired) electrons. The lowest BCUT2D eigenvalue weighted by atomic mass is 9.70. The summed E-state index contributed by atoms with van der Waals surface area (Å²) in [5.41, 5.74) is -1.42. The SMILES string of the molecule is C=CC[C@@]1(C(F)(F)F)C[C@@H]2CC[C@H]1C2. The summed E-state index contributed by atoms with van der Waals surface area (Å²) in [6.45, 7) is 3.47. The van der Waals surface area contributed by atoms with E-state index in [2.05, 4.69) is 6.58 Å². The van der Waals surface area contributed by atoms with E-state index in [-0.39, 0.29) is 12.3 Å².